The summed E-state index contributed by atoms with van der Waals surface area (Å²) < 4.78 is 15.7. The largest absolute Gasteiger partial charge is 0.373 e. The van der Waals surface area contributed by atoms with Crippen molar-refractivity contribution in [1.29, 1.82) is 10.7 Å². The maximum absolute atomic E-state index is 15.7. The average molecular weight is 399 g/mol. The van der Waals surface area contributed by atoms with Crippen molar-refractivity contribution in [2.45, 2.75) is 63.8 Å². The molecule has 1 aliphatic heterocycles. The number of nitriles is 1. The molecule has 1 aromatic carbocycles. The Labute approximate surface area is 172 Å². The Kier molecular flexibility index (Phi) is 4.66. The Morgan fingerprint density at radius 1 is 1.38 bits per heavy atom. The van der Waals surface area contributed by atoms with E-state index < -0.39 is 17.3 Å². The zero-order chi connectivity index (χ0) is 21.1. The van der Waals surface area contributed by atoms with Crippen LogP contribution in [0.3, 0.4) is 0 Å². The number of likely N-dealkylation sites (tertiary alicyclic amines) is 1. The van der Waals surface area contributed by atoms with Gasteiger partial charge in [0.05, 0.1) is 18.2 Å². The highest BCUT2D eigenvalue weighted by atomic mass is 19.1. The van der Waals surface area contributed by atoms with Gasteiger partial charge in [-0.2, -0.15) is 5.26 Å². The number of nitrogens with zero attached hydrogens (tertiary/aromatic N) is 2. The van der Waals surface area contributed by atoms with Crippen LogP contribution in [0.4, 0.5) is 4.39 Å². The zero-order valence-electron chi connectivity index (χ0n) is 17.5. The molecular weight excluding hydrogens is 367 g/mol. The van der Waals surface area contributed by atoms with Crippen LogP contribution in [0.15, 0.2) is 18.2 Å². The first-order valence-electron chi connectivity index (χ1n) is 10.6. The predicted octanol–water partition coefficient (Wildman–Crippen LogP) is 3.30. The first-order chi connectivity index (χ1) is 13.6. The molecule has 0 aromatic heterocycles. The summed E-state index contributed by atoms with van der Waals surface area (Å²) in [6.07, 6.45) is 2.26. The third-order valence-electron chi connectivity index (χ3n) is 8.13. The van der Waals surface area contributed by atoms with Crippen LogP contribution in [0.2, 0.25) is 0 Å². The molecule has 0 amide bonds. The van der Waals surface area contributed by atoms with E-state index in [2.05, 4.69) is 13.0 Å². The van der Waals surface area contributed by atoms with E-state index in [9.17, 15) is 10.4 Å². The van der Waals surface area contributed by atoms with Gasteiger partial charge >= 0.3 is 0 Å². The second-order valence-corrected chi connectivity index (χ2v) is 9.92. The average Bonchev–Trinajstić information content (AvgIpc) is 2.87. The number of alkyl halides is 1. The van der Waals surface area contributed by atoms with E-state index in [0.717, 1.165) is 30.4 Å². The SMILES string of the molecule is CC1CC2Cc3ccc(C#N)cc3C23C[C@H](C1)C(C)C(C)(F)CN(C(=N)N)C3O. The third kappa shape index (κ3) is 2.93. The lowest BCUT2D eigenvalue weighted by molar-refractivity contribution is -0.0974. The molecule has 5 nitrogen and oxygen atoms in total. The first kappa shape index (κ1) is 20.2. The van der Waals surface area contributed by atoms with E-state index in [1.54, 1.807) is 6.92 Å². The van der Waals surface area contributed by atoms with Crippen LogP contribution in [0.1, 0.15) is 56.7 Å². The number of rotatable bonds is 0. The topological polar surface area (TPSA) is 97.1 Å². The summed E-state index contributed by atoms with van der Waals surface area (Å²) in [5, 5.41) is 29.3. The number of halogens is 1. The fourth-order valence-corrected chi connectivity index (χ4v) is 6.50. The minimum atomic E-state index is -1.56. The molecule has 1 aromatic rings. The molecule has 29 heavy (non-hydrogen) atoms. The number of benzene rings is 1. The molecule has 1 saturated carbocycles. The van der Waals surface area contributed by atoms with Crippen LogP contribution in [0, 0.1) is 40.4 Å². The van der Waals surface area contributed by atoms with Crippen molar-refractivity contribution in [3.63, 3.8) is 0 Å². The van der Waals surface area contributed by atoms with E-state index in [1.165, 1.54) is 4.90 Å². The van der Waals surface area contributed by atoms with E-state index in [4.69, 9.17) is 11.1 Å². The smallest absolute Gasteiger partial charge is 0.190 e. The first-order valence-corrected chi connectivity index (χ1v) is 10.6. The molecule has 156 valence electrons. The van der Waals surface area contributed by atoms with Crippen molar-refractivity contribution in [1.82, 2.24) is 4.90 Å². The van der Waals surface area contributed by atoms with Gasteiger partial charge in [-0.05, 0) is 79.5 Å². The molecule has 2 bridgehead atoms. The number of nitrogens with two attached hydrogens (primary N) is 1. The van der Waals surface area contributed by atoms with Gasteiger partial charge in [0.1, 0.15) is 11.9 Å². The van der Waals surface area contributed by atoms with Crippen LogP contribution in [-0.2, 0) is 11.8 Å². The molecule has 0 radical (unpaired) electrons. The van der Waals surface area contributed by atoms with Crippen molar-refractivity contribution >= 4 is 5.96 Å². The number of hydrogen-bond donors (Lipinski definition) is 3. The van der Waals surface area contributed by atoms with Crippen molar-refractivity contribution in [3.05, 3.63) is 34.9 Å². The van der Waals surface area contributed by atoms with Crippen LogP contribution in [-0.4, -0.2) is 34.4 Å². The Balaban J connectivity index is 1.95. The highest BCUT2D eigenvalue weighted by Crippen LogP contribution is 2.58. The lowest BCUT2D eigenvalue weighted by Gasteiger charge is -2.51. The van der Waals surface area contributed by atoms with E-state index >= 15 is 4.39 Å². The van der Waals surface area contributed by atoms with E-state index in [1.807, 2.05) is 25.1 Å². The Morgan fingerprint density at radius 3 is 2.76 bits per heavy atom. The Morgan fingerprint density at radius 2 is 2.10 bits per heavy atom. The van der Waals surface area contributed by atoms with Crippen molar-refractivity contribution in [3.8, 4) is 6.07 Å². The van der Waals surface area contributed by atoms with Gasteiger partial charge in [-0.25, -0.2) is 4.39 Å². The summed E-state index contributed by atoms with van der Waals surface area (Å²) in [6.45, 7) is 5.66. The molecule has 1 spiro atoms. The summed E-state index contributed by atoms with van der Waals surface area (Å²) in [6, 6.07) is 7.97. The molecule has 6 heteroatoms. The zero-order valence-corrected chi connectivity index (χ0v) is 17.5. The van der Waals surface area contributed by atoms with Gasteiger partial charge < -0.3 is 15.7 Å². The summed E-state index contributed by atoms with van der Waals surface area (Å²) in [7, 11) is 0. The van der Waals surface area contributed by atoms with E-state index in [0.29, 0.717) is 17.9 Å². The number of hydrogen-bond acceptors (Lipinski definition) is 3. The molecule has 2 fully saturated rings. The van der Waals surface area contributed by atoms with Gasteiger partial charge in [0.15, 0.2) is 5.96 Å². The number of nitrogens with one attached hydrogen (secondary N) is 1. The highest BCUT2D eigenvalue weighted by molar-refractivity contribution is 5.75. The summed E-state index contributed by atoms with van der Waals surface area (Å²) >= 11 is 0. The number of aliphatic hydroxyl groups is 1. The van der Waals surface area contributed by atoms with Gasteiger partial charge in [0, 0.05) is 5.41 Å². The van der Waals surface area contributed by atoms with Gasteiger partial charge in [-0.1, -0.05) is 19.9 Å². The number of guanidine groups is 1. The quantitative estimate of drug-likeness (QED) is 0.461. The van der Waals surface area contributed by atoms with Gasteiger partial charge in [-0.15, -0.1) is 0 Å². The Hall–Kier alpha value is -2.13. The van der Waals surface area contributed by atoms with Crippen LogP contribution < -0.4 is 5.73 Å². The Bertz CT molecular complexity index is 878. The minimum absolute atomic E-state index is 0.0999. The second-order valence-electron chi connectivity index (χ2n) is 9.92. The third-order valence-corrected chi connectivity index (χ3v) is 8.13. The van der Waals surface area contributed by atoms with Gasteiger partial charge in [-0.3, -0.25) is 5.41 Å². The lowest BCUT2D eigenvalue weighted by Crippen LogP contribution is -2.62. The molecular formula is C23H31FN4O. The molecule has 4 rings (SSSR count). The fourth-order valence-electron chi connectivity index (χ4n) is 6.50. The van der Waals surface area contributed by atoms with Crippen LogP contribution in [0.5, 0.6) is 0 Å². The fraction of sp³-hybridized carbons (Fsp3) is 0.652. The van der Waals surface area contributed by atoms with Crippen LogP contribution in [0.25, 0.3) is 0 Å². The number of fused-ring (bicyclic) bond motifs is 2. The van der Waals surface area contributed by atoms with Crippen molar-refractivity contribution in [2.24, 2.45) is 29.4 Å². The number of aliphatic hydroxyl groups excluding tert-OH is 1. The summed E-state index contributed by atoms with van der Waals surface area (Å²) in [4.78, 5) is 1.35. The predicted molar refractivity (Wildman–Crippen MR) is 110 cm³/mol. The molecule has 6 unspecified atom stereocenters. The molecule has 1 saturated heterocycles. The van der Waals surface area contributed by atoms with Gasteiger partial charge in [0.25, 0.3) is 0 Å². The molecule has 7 atom stereocenters. The lowest BCUT2D eigenvalue weighted by atomic mass is 9.63. The molecule has 2 aliphatic carbocycles. The van der Waals surface area contributed by atoms with Crippen molar-refractivity contribution in [2.75, 3.05) is 6.54 Å². The van der Waals surface area contributed by atoms with E-state index in [-0.39, 0.29) is 30.3 Å². The maximum Gasteiger partial charge on any atom is 0.190 e. The minimum Gasteiger partial charge on any atom is -0.373 e. The monoisotopic (exact) mass is 398 g/mol. The van der Waals surface area contributed by atoms with Crippen LogP contribution >= 0.6 is 0 Å². The maximum atomic E-state index is 15.7. The molecule has 1 heterocycles. The van der Waals surface area contributed by atoms with Crippen molar-refractivity contribution < 1.29 is 9.50 Å². The summed E-state index contributed by atoms with van der Waals surface area (Å²) in [5.74, 6) is 0.191. The normalized spacial score (nSPS) is 41.4. The summed E-state index contributed by atoms with van der Waals surface area (Å²) in [5.41, 5.74) is 6.38. The second kappa shape index (κ2) is 6.70. The molecule has 3 aliphatic rings. The highest BCUT2D eigenvalue weighted by Gasteiger charge is 2.59. The standard InChI is InChI=1S/C23H31FN4O/c1-13-6-17-10-23(20(29)28(21(26)27)12-22(3,24)14(17)2)18(7-13)9-16-5-4-15(11-25)8-19(16)23/h4-5,8,13-14,17-18,20,29H,6-7,9-10,12H2,1-3H3,(H3,26,27)/t13?,14?,17-,18?,20?,22?,23?/m0/s1. The molecule has 4 N–H and O–H groups in total. The van der Waals surface area contributed by atoms with Gasteiger partial charge in [0.2, 0.25) is 0 Å².